The Morgan fingerprint density at radius 1 is 0.913 bits per heavy atom. The van der Waals surface area contributed by atoms with E-state index in [1.54, 1.807) is 0 Å². The van der Waals surface area contributed by atoms with E-state index in [0.717, 1.165) is 29.0 Å². The summed E-state index contributed by atoms with van der Waals surface area (Å²) >= 11 is 0. The number of hydroxylamine groups is 3. The van der Waals surface area contributed by atoms with Crippen LogP contribution in [0.5, 0.6) is 0 Å². The molecule has 0 aromatic rings. The van der Waals surface area contributed by atoms with Gasteiger partial charge in [0.05, 0.1) is 11.3 Å². The minimum absolute atomic E-state index is 0.000231. The molecule has 3 fully saturated rings. The first-order chi connectivity index (χ1) is 10.7. The summed E-state index contributed by atoms with van der Waals surface area (Å²) in [5.41, 5.74) is -1.91. The highest BCUT2D eigenvalue weighted by molar-refractivity contribution is 5.27. The minimum Gasteiger partial charge on any atom is -0.600 e. The van der Waals surface area contributed by atoms with Gasteiger partial charge >= 0.3 is 0 Å². The summed E-state index contributed by atoms with van der Waals surface area (Å²) in [6.07, 6.45) is 2.96. The zero-order valence-corrected chi connectivity index (χ0v) is 14.1. The molecule has 5 aliphatic rings. The Labute approximate surface area is 135 Å². The van der Waals surface area contributed by atoms with Gasteiger partial charge in [-0.3, -0.25) is 0 Å². The Balaban J connectivity index is 1.82. The average molecular weight is 320 g/mol. The highest BCUT2D eigenvalue weighted by Crippen LogP contribution is 2.72. The molecule has 0 aromatic carbocycles. The van der Waals surface area contributed by atoms with Gasteiger partial charge < -0.3 is 15.6 Å². The molecule has 126 valence electrons. The van der Waals surface area contributed by atoms with Crippen molar-refractivity contribution in [3.8, 4) is 0 Å². The normalized spacial score (nSPS) is 58.3. The van der Waals surface area contributed by atoms with E-state index in [-0.39, 0.29) is 35.8 Å². The van der Waals surface area contributed by atoms with E-state index in [1.807, 2.05) is 27.7 Å². The van der Waals surface area contributed by atoms with Gasteiger partial charge in [0, 0.05) is 28.5 Å². The fraction of sp³-hybridized carbons (Fsp3) is 1.00. The molecule has 2 heterocycles. The molecule has 7 heteroatoms. The first-order valence-corrected chi connectivity index (χ1v) is 8.81. The predicted molar refractivity (Wildman–Crippen MR) is 79.3 cm³/mol. The lowest BCUT2D eigenvalue weighted by molar-refractivity contribution is -0.989. The second-order valence-corrected chi connectivity index (χ2v) is 9.19. The van der Waals surface area contributed by atoms with Crippen LogP contribution >= 0.6 is 0 Å². The molecule has 0 spiro atoms. The molecule has 5 rings (SSSR count). The average Bonchev–Trinajstić information content (AvgIpc) is 3.13. The third kappa shape index (κ3) is 1.07. The molecule has 23 heavy (non-hydrogen) atoms. The van der Waals surface area contributed by atoms with Crippen molar-refractivity contribution in [3.05, 3.63) is 15.6 Å². The van der Waals surface area contributed by atoms with Crippen molar-refractivity contribution in [2.45, 2.75) is 70.1 Å². The van der Waals surface area contributed by atoms with Crippen LogP contribution in [-0.2, 0) is 0 Å². The van der Waals surface area contributed by atoms with Gasteiger partial charge in [-0.1, -0.05) is 25.1 Å². The Bertz CT molecular complexity index is 689. The van der Waals surface area contributed by atoms with Crippen molar-refractivity contribution >= 4 is 0 Å². The lowest BCUT2D eigenvalue weighted by Gasteiger charge is -2.37. The van der Waals surface area contributed by atoms with E-state index in [4.69, 9.17) is 0 Å². The van der Waals surface area contributed by atoms with Crippen LogP contribution in [0, 0.1) is 44.7 Å². The molecule has 0 N–H and O–H groups in total. The maximum absolute atomic E-state index is 13.0. The zero-order chi connectivity index (χ0) is 16.5. The highest BCUT2D eigenvalue weighted by atomic mass is 16.6. The van der Waals surface area contributed by atoms with Crippen LogP contribution in [0.15, 0.2) is 5.11 Å². The Morgan fingerprint density at radius 2 is 1.52 bits per heavy atom. The summed E-state index contributed by atoms with van der Waals surface area (Å²) in [4.78, 5) is 2.38. The van der Waals surface area contributed by atoms with Crippen LogP contribution in [-0.4, -0.2) is 37.7 Å². The minimum atomic E-state index is -0.796. The fourth-order valence-electron chi connectivity index (χ4n) is 7.29. The number of rotatable bonds is 0. The van der Waals surface area contributed by atoms with Gasteiger partial charge in [-0.25, -0.2) is 0 Å². The van der Waals surface area contributed by atoms with E-state index < -0.39 is 16.5 Å². The van der Waals surface area contributed by atoms with Gasteiger partial charge in [-0.05, 0) is 24.9 Å². The number of fused-ring (bicyclic) bond motifs is 3. The molecule has 0 radical (unpaired) electrons. The van der Waals surface area contributed by atoms with Crippen LogP contribution in [0.3, 0.4) is 0 Å². The van der Waals surface area contributed by atoms with Crippen LogP contribution in [0.25, 0.3) is 0 Å². The fourth-order valence-corrected chi connectivity index (χ4v) is 7.29. The van der Waals surface area contributed by atoms with Crippen molar-refractivity contribution in [1.29, 1.82) is 0 Å². The standard InChI is InChI=1S/C16H24N4O3/c1-14(2)15(3)10-11-13(19(22)20(23)16(11,14)4)9-7-5-6-8(9)12(10)18(21)17-15/h8-13H,5-7H2,1-4H3/t8?,9-,10-,11?,12?,13-,15?,16-/m0/s1. The van der Waals surface area contributed by atoms with Crippen molar-refractivity contribution < 1.29 is 14.6 Å². The second-order valence-electron chi connectivity index (χ2n) is 9.19. The monoisotopic (exact) mass is 320 g/mol. The molecular weight excluding hydrogens is 296 g/mol. The topological polar surface area (TPSA) is 90.6 Å². The van der Waals surface area contributed by atoms with Crippen LogP contribution in [0.2, 0.25) is 0 Å². The molecule has 7 nitrogen and oxygen atoms in total. The largest absolute Gasteiger partial charge is 0.600 e. The lowest BCUT2D eigenvalue weighted by Crippen LogP contribution is -2.56. The van der Waals surface area contributed by atoms with E-state index >= 15 is 0 Å². The van der Waals surface area contributed by atoms with Crippen molar-refractivity contribution in [2.75, 3.05) is 0 Å². The molecular formula is C16H24N4O3. The van der Waals surface area contributed by atoms with Gasteiger partial charge in [-0.2, -0.15) is 0 Å². The number of hydrogen-bond acceptors (Lipinski definition) is 4. The summed E-state index contributed by atoms with van der Waals surface area (Å²) in [7, 11) is 0. The second kappa shape index (κ2) is 3.49. The van der Waals surface area contributed by atoms with Gasteiger partial charge in [-0.15, -0.1) is 0 Å². The molecule has 0 saturated heterocycles. The molecule has 2 aliphatic heterocycles. The van der Waals surface area contributed by atoms with Gasteiger partial charge in [0.2, 0.25) is 6.04 Å². The molecule has 3 saturated carbocycles. The first kappa shape index (κ1) is 14.0. The van der Waals surface area contributed by atoms with Gasteiger partial charge in [0.25, 0.3) is 5.54 Å². The van der Waals surface area contributed by atoms with Crippen LogP contribution < -0.4 is 0 Å². The van der Waals surface area contributed by atoms with Crippen LogP contribution in [0.1, 0.15) is 47.0 Å². The maximum Gasteiger partial charge on any atom is 0.253 e. The zero-order valence-electron chi connectivity index (χ0n) is 14.1. The SMILES string of the molecule is CC12N=[N+]([O-])C3C4CCC[C@@H]4[C@H]4C([C@@H]31)[C@](C)([N+]([O-])=[N+]4[O-])C2(C)C. The van der Waals surface area contributed by atoms with Crippen molar-refractivity contribution in [3.63, 3.8) is 0 Å². The lowest BCUT2D eigenvalue weighted by atomic mass is 9.61. The Kier molecular flexibility index (Phi) is 2.12. The summed E-state index contributed by atoms with van der Waals surface area (Å²) in [6, 6.07) is -0.441. The summed E-state index contributed by atoms with van der Waals surface area (Å²) < 4.78 is 0. The molecule has 3 aliphatic carbocycles. The quantitative estimate of drug-likeness (QED) is 0.507. The van der Waals surface area contributed by atoms with Crippen molar-refractivity contribution in [2.24, 2.45) is 34.2 Å². The third-order valence-corrected chi connectivity index (χ3v) is 8.85. The van der Waals surface area contributed by atoms with E-state index in [2.05, 4.69) is 5.11 Å². The molecule has 0 aromatic heterocycles. The number of hydrogen-bond donors (Lipinski definition) is 0. The molecule has 8 atom stereocenters. The van der Waals surface area contributed by atoms with Crippen molar-refractivity contribution in [1.82, 2.24) is 0 Å². The summed E-state index contributed by atoms with van der Waals surface area (Å²) in [5, 5.41) is 43.0. The molecule has 0 bridgehead atoms. The predicted octanol–water partition coefficient (Wildman–Crippen LogP) is 2.41. The van der Waals surface area contributed by atoms with Gasteiger partial charge in [0.1, 0.15) is 11.5 Å². The smallest absolute Gasteiger partial charge is 0.253 e. The summed E-state index contributed by atoms with van der Waals surface area (Å²) in [6.45, 7) is 7.99. The maximum atomic E-state index is 13.0. The molecule has 4 unspecified atom stereocenters. The number of azo groups is 2. The molecule has 0 amide bonds. The van der Waals surface area contributed by atoms with Crippen LogP contribution in [0.4, 0.5) is 0 Å². The number of nitrogens with zero attached hydrogens (tertiary/aromatic N) is 4. The highest BCUT2D eigenvalue weighted by Gasteiger charge is 2.90. The third-order valence-electron chi connectivity index (χ3n) is 8.85. The Hall–Kier alpha value is -1.40. The van der Waals surface area contributed by atoms with Gasteiger partial charge in [0.15, 0.2) is 6.04 Å². The van der Waals surface area contributed by atoms with E-state index in [1.165, 1.54) is 0 Å². The first-order valence-electron chi connectivity index (χ1n) is 8.81. The Morgan fingerprint density at radius 3 is 2.17 bits per heavy atom. The van der Waals surface area contributed by atoms with E-state index in [9.17, 15) is 15.6 Å². The van der Waals surface area contributed by atoms with E-state index in [0.29, 0.717) is 4.86 Å². The summed E-state index contributed by atoms with van der Waals surface area (Å²) in [5.74, 6) is 0.273.